The van der Waals surface area contributed by atoms with Crippen LogP contribution in [0.1, 0.15) is 24.9 Å². The SMILES string of the molecule is CC(NC(=O)C1CC(=O)N(c2cc(F)cc(F)c2)C1)c1ccc(Br)cc1. The molecule has 3 rings (SSSR count). The Morgan fingerprint density at radius 1 is 1.19 bits per heavy atom. The van der Waals surface area contributed by atoms with Gasteiger partial charge in [0.1, 0.15) is 11.6 Å². The van der Waals surface area contributed by atoms with Gasteiger partial charge in [0.25, 0.3) is 0 Å². The first-order valence-electron chi connectivity index (χ1n) is 8.16. The van der Waals surface area contributed by atoms with E-state index in [1.807, 2.05) is 31.2 Å². The highest BCUT2D eigenvalue weighted by Gasteiger charge is 2.35. The Morgan fingerprint density at radius 2 is 1.81 bits per heavy atom. The molecule has 0 aromatic heterocycles. The van der Waals surface area contributed by atoms with Gasteiger partial charge in [0.15, 0.2) is 0 Å². The predicted molar refractivity (Wildman–Crippen MR) is 97.5 cm³/mol. The Labute approximate surface area is 158 Å². The van der Waals surface area contributed by atoms with E-state index in [1.54, 1.807) is 0 Å². The number of hydrogen-bond acceptors (Lipinski definition) is 2. The number of benzene rings is 2. The largest absolute Gasteiger partial charge is 0.349 e. The molecule has 4 nitrogen and oxygen atoms in total. The van der Waals surface area contributed by atoms with Gasteiger partial charge in [-0.15, -0.1) is 0 Å². The van der Waals surface area contributed by atoms with Crippen molar-refractivity contribution in [3.63, 3.8) is 0 Å². The summed E-state index contributed by atoms with van der Waals surface area (Å²) < 4.78 is 27.7. The van der Waals surface area contributed by atoms with Crippen molar-refractivity contribution in [2.24, 2.45) is 5.92 Å². The maximum atomic E-state index is 13.4. The number of halogens is 3. The van der Waals surface area contributed by atoms with Gasteiger partial charge in [0.2, 0.25) is 11.8 Å². The van der Waals surface area contributed by atoms with Crippen LogP contribution in [0.25, 0.3) is 0 Å². The minimum absolute atomic E-state index is 0.0109. The van der Waals surface area contributed by atoms with Crippen LogP contribution in [0.3, 0.4) is 0 Å². The van der Waals surface area contributed by atoms with Crippen LogP contribution in [0, 0.1) is 17.6 Å². The maximum Gasteiger partial charge on any atom is 0.227 e. The predicted octanol–water partition coefficient (Wildman–Crippen LogP) is 3.96. The summed E-state index contributed by atoms with van der Waals surface area (Å²) in [5, 5.41) is 2.89. The van der Waals surface area contributed by atoms with Crippen LogP contribution in [-0.2, 0) is 9.59 Å². The third-order valence-corrected chi connectivity index (χ3v) is 4.91. The van der Waals surface area contributed by atoms with Crippen molar-refractivity contribution < 1.29 is 18.4 Å². The molecule has 7 heteroatoms. The zero-order valence-corrected chi connectivity index (χ0v) is 15.6. The first-order valence-corrected chi connectivity index (χ1v) is 8.95. The van der Waals surface area contributed by atoms with Crippen LogP contribution in [0.2, 0.25) is 0 Å². The Morgan fingerprint density at radius 3 is 2.42 bits per heavy atom. The van der Waals surface area contributed by atoms with E-state index >= 15 is 0 Å². The molecule has 1 aliphatic rings. The van der Waals surface area contributed by atoms with Crippen molar-refractivity contribution in [3.05, 3.63) is 64.1 Å². The normalized spacial score (nSPS) is 18.1. The van der Waals surface area contributed by atoms with Gasteiger partial charge in [-0.05, 0) is 36.8 Å². The highest BCUT2D eigenvalue weighted by molar-refractivity contribution is 9.10. The maximum absolute atomic E-state index is 13.4. The molecule has 0 aliphatic carbocycles. The van der Waals surface area contributed by atoms with Gasteiger partial charge in [-0.1, -0.05) is 28.1 Å². The van der Waals surface area contributed by atoms with E-state index in [4.69, 9.17) is 0 Å². The van der Waals surface area contributed by atoms with E-state index in [0.29, 0.717) is 0 Å². The molecular weight excluding hydrogens is 406 g/mol. The van der Waals surface area contributed by atoms with E-state index in [0.717, 1.165) is 28.2 Å². The van der Waals surface area contributed by atoms with Gasteiger partial charge >= 0.3 is 0 Å². The molecule has 1 saturated heterocycles. The highest BCUT2D eigenvalue weighted by atomic mass is 79.9. The molecule has 0 saturated carbocycles. The van der Waals surface area contributed by atoms with E-state index in [9.17, 15) is 18.4 Å². The summed E-state index contributed by atoms with van der Waals surface area (Å²) in [6.45, 7) is 1.96. The van der Waals surface area contributed by atoms with Crippen molar-refractivity contribution in [2.75, 3.05) is 11.4 Å². The zero-order chi connectivity index (χ0) is 18.8. The van der Waals surface area contributed by atoms with Crippen LogP contribution in [0.4, 0.5) is 14.5 Å². The molecular formula is C19H17BrF2N2O2. The first kappa shape index (κ1) is 18.5. The third-order valence-electron chi connectivity index (χ3n) is 4.38. The number of rotatable bonds is 4. The molecule has 2 unspecified atom stereocenters. The second kappa shape index (κ2) is 7.53. The molecule has 2 aromatic carbocycles. The topological polar surface area (TPSA) is 49.4 Å². The number of nitrogens with zero attached hydrogens (tertiary/aromatic N) is 1. The lowest BCUT2D eigenvalue weighted by atomic mass is 10.1. The summed E-state index contributed by atoms with van der Waals surface area (Å²) in [5.74, 6) is -2.67. The van der Waals surface area contributed by atoms with Crippen LogP contribution in [-0.4, -0.2) is 18.4 Å². The number of carbonyl (C=O) groups excluding carboxylic acids is 2. The Kier molecular flexibility index (Phi) is 5.36. The molecule has 136 valence electrons. The number of anilines is 1. The Balaban J connectivity index is 1.67. The molecule has 0 radical (unpaired) electrons. The molecule has 0 spiro atoms. The van der Waals surface area contributed by atoms with Crippen molar-refractivity contribution in [1.82, 2.24) is 5.32 Å². The molecule has 2 amide bonds. The average Bonchev–Trinajstić information content (AvgIpc) is 2.96. The Hall–Kier alpha value is -2.28. The van der Waals surface area contributed by atoms with Gasteiger partial charge in [-0.3, -0.25) is 9.59 Å². The molecule has 1 aliphatic heterocycles. The van der Waals surface area contributed by atoms with Crippen LogP contribution in [0.15, 0.2) is 46.9 Å². The monoisotopic (exact) mass is 422 g/mol. The minimum Gasteiger partial charge on any atom is -0.349 e. The molecule has 2 aromatic rings. The van der Waals surface area contributed by atoms with Crippen molar-refractivity contribution in [3.8, 4) is 0 Å². The summed E-state index contributed by atoms with van der Waals surface area (Å²) in [4.78, 5) is 26.0. The molecule has 1 fully saturated rings. The van der Waals surface area contributed by atoms with Gasteiger partial charge in [0, 0.05) is 29.2 Å². The average molecular weight is 423 g/mol. The zero-order valence-electron chi connectivity index (χ0n) is 14.0. The van der Waals surface area contributed by atoms with Gasteiger partial charge in [0.05, 0.1) is 12.0 Å². The summed E-state index contributed by atoms with van der Waals surface area (Å²) >= 11 is 3.36. The van der Waals surface area contributed by atoms with Crippen LogP contribution >= 0.6 is 15.9 Å². The van der Waals surface area contributed by atoms with Gasteiger partial charge in [-0.25, -0.2) is 8.78 Å². The molecule has 1 N–H and O–H groups in total. The molecule has 1 heterocycles. The van der Waals surface area contributed by atoms with E-state index in [-0.39, 0.29) is 36.5 Å². The minimum atomic E-state index is -0.760. The fourth-order valence-electron chi connectivity index (χ4n) is 2.99. The first-order chi connectivity index (χ1) is 12.3. The summed E-state index contributed by atoms with van der Waals surface area (Å²) in [6, 6.07) is 10.3. The molecule has 2 atom stereocenters. The number of hydrogen-bond donors (Lipinski definition) is 1. The lowest BCUT2D eigenvalue weighted by Gasteiger charge is -2.19. The van der Waals surface area contributed by atoms with Crippen LogP contribution in [0.5, 0.6) is 0 Å². The lowest BCUT2D eigenvalue weighted by molar-refractivity contribution is -0.126. The van der Waals surface area contributed by atoms with Gasteiger partial charge in [-0.2, -0.15) is 0 Å². The Bertz CT molecular complexity index is 822. The summed E-state index contributed by atoms with van der Waals surface area (Å²) in [7, 11) is 0. The van der Waals surface area contributed by atoms with Crippen molar-refractivity contribution in [2.45, 2.75) is 19.4 Å². The lowest BCUT2D eigenvalue weighted by Crippen LogP contribution is -2.34. The summed E-state index contributed by atoms with van der Waals surface area (Å²) in [5.41, 5.74) is 1.07. The summed E-state index contributed by atoms with van der Waals surface area (Å²) in [6.07, 6.45) is 0.0109. The fourth-order valence-corrected chi connectivity index (χ4v) is 3.26. The standard InChI is InChI=1S/C19H17BrF2N2O2/c1-11(12-2-4-14(20)5-3-12)23-19(26)13-6-18(25)24(10-13)17-8-15(21)7-16(22)9-17/h2-5,7-9,11,13H,6,10H2,1H3,(H,23,26). The van der Waals surface area contributed by atoms with Gasteiger partial charge < -0.3 is 10.2 Å². The van der Waals surface area contributed by atoms with Crippen molar-refractivity contribution >= 4 is 33.4 Å². The van der Waals surface area contributed by atoms with E-state index in [2.05, 4.69) is 21.2 Å². The smallest absolute Gasteiger partial charge is 0.227 e. The fraction of sp³-hybridized carbons (Fsp3) is 0.263. The second-order valence-corrected chi connectivity index (χ2v) is 7.23. The van der Waals surface area contributed by atoms with E-state index in [1.165, 1.54) is 4.90 Å². The highest BCUT2D eigenvalue weighted by Crippen LogP contribution is 2.27. The number of carbonyl (C=O) groups is 2. The molecule has 0 bridgehead atoms. The van der Waals surface area contributed by atoms with Crippen LogP contribution < -0.4 is 10.2 Å². The number of amides is 2. The third kappa shape index (κ3) is 4.09. The molecule has 26 heavy (non-hydrogen) atoms. The number of nitrogens with one attached hydrogen (secondary N) is 1. The quantitative estimate of drug-likeness (QED) is 0.810. The van der Waals surface area contributed by atoms with E-state index < -0.39 is 17.6 Å². The van der Waals surface area contributed by atoms with Crippen molar-refractivity contribution in [1.29, 1.82) is 0 Å². The second-order valence-electron chi connectivity index (χ2n) is 6.31.